The molecule has 2 aromatic carbocycles. The van der Waals surface area contributed by atoms with E-state index in [0.717, 1.165) is 56.3 Å². The summed E-state index contributed by atoms with van der Waals surface area (Å²) in [4.78, 5) is 17.2. The van der Waals surface area contributed by atoms with Gasteiger partial charge in [-0.1, -0.05) is 42.5 Å². The van der Waals surface area contributed by atoms with Gasteiger partial charge in [-0.25, -0.2) is 4.79 Å². The Bertz CT molecular complexity index is 1060. The summed E-state index contributed by atoms with van der Waals surface area (Å²) < 4.78 is 11.4. The number of fused-ring (bicyclic) bond motifs is 1. The van der Waals surface area contributed by atoms with Gasteiger partial charge in [0, 0.05) is 37.6 Å². The normalized spacial score (nSPS) is 21.5. The van der Waals surface area contributed by atoms with Gasteiger partial charge in [-0.3, -0.25) is 4.90 Å². The molecule has 1 amide bonds. The van der Waals surface area contributed by atoms with Crippen LogP contribution in [0.2, 0.25) is 0 Å². The molecule has 5 rings (SSSR count). The minimum Gasteiger partial charge on any atom is -0.445 e. The minimum atomic E-state index is -0.293. The third kappa shape index (κ3) is 5.88. The van der Waals surface area contributed by atoms with Gasteiger partial charge in [0.05, 0.1) is 4.70 Å². The highest BCUT2D eigenvalue weighted by atomic mass is 32.1. The maximum absolute atomic E-state index is 12.1. The highest BCUT2D eigenvalue weighted by molar-refractivity contribution is 7.13. The van der Waals surface area contributed by atoms with Crippen molar-refractivity contribution in [1.82, 2.24) is 14.6 Å². The second-order valence-corrected chi connectivity index (χ2v) is 10.3. The van der Waals surface area contributed by atoms with Crippen molar-refractivity contribution in [3.63, 3.8) is 0 Å². The van der Waals surface area contributed by atoms with Crippen molar-refractivity contribution in [1.29, 1.82) is 0 Å². The number of amides is 1. The van der Waals surface area contributed by atoms with E-state index in [-0.39, 0.29) is 12.1 Å². The van der Waals surface area contributed by atoms with Crippen LogP contribution in [0, 0.1) is 5.92 Å². The topological polar surface area (TPSA) is 57.7 Å². The molecule has 2 fully saturated rings. The van der Waals surface area contributed by atoms with Gasteiger partial charge in [-0.05, 0) is 73.8 Å². The van der Waals surface area contributed by atoms with E-state index in [1.54, 1.807) is 11.5 Å². The van der Waals surface area contributed by atoms with Crippen LogP contribution in [-0.2, 0) is 11.3 Å². The summed E-state index contributed by atoms with van der Waals surface area (Å²) in [6, 6.07) is 18.6. The fourth-order valence-corrected chi connectivity index (χ4v) is 5.97. The van der Waals surface area contributed by atoms with Crippen molar-refractivity contribution in [3.8, 4) is 0 Å². The number of benzene rings is 2. The van der Waals surface area contributed by atoms with Crippen molar-refractivity contribution in [2.45, 2.75) is 44.8 Å². The summed E-state index contributed by atoms with van der Waals surface area (Å²) in [5.74, 6) is 1.92. The Morgan fingerprint density at radius 1 is 0.971 bits per heavy atom. The second-order valence-electron chi connectivity index (χ2n) is 9.54. The number of nitrogens with one attached hydrogen (secondary N) is 1. The predicted octanol–water partition coefficient (Wildman–Crippen LogP) is 5.29. The lowest BCUT2D eigenvalue weighted by Gasteiger charge is -2.36. The van der Waals surface area contributed by atoms with Crippen LogP contribution in [0.3, 0.4) is 0 Å². The zero-order valence-corrected chi connectivity index (χ0v) is 20.5. The average molecular weight is 479 g/mol. The van der Waals surface area contributed by atoms with Crippen LogP contribution in [0.15, 0.2) is 54.6 Å². The Morgan fingerprint density at radius 3 is 2.50 bits per heavy atom. The van der Waals surface area contributed by atoms with Crippen LogP contribution in [0.5, 0.6) is 0 Å². The Morgan fingerprint density at radius 2 is 1.71 bits per heavy atom. The maximum atomic E-state index is 12.1. The van der Waals surface area contributed by atoms with Gasteiger partial charge < -0.3 is 15.0 Å². The van der Waals surface area contributed by atoms with Crippen LogP contribution < -0.4 is 10.2 Å². The lowest BCUT2D eigenvalue weighted by molar-refractivity contribution is 0.130. The Kier molecular flexibility index (Phi) is 7.61. The maximum Gasteiger partial charge on any atom is 0.407 e. The number of hydrogen-bond acceptors (Lipinski definition) is 6. The van der Waals surface area contributed by atoms with Crippen molar-refractivity contribution >= 4 is 33.5 Å². The Labute approximate surface area is 206 Å². The van der Waals surface area contributed by atoms with Gasteiger partial charge >= 0.3 is 6.09 Å². The van der Waals surface area contributed by atoms with Crippen LogP contribution in [0.4, 0.5) is 10.6 Å². The first kappa shape index (κ1) is 23.1. The number of carbonyl (C=O) groups excluding carboxylic acids is 1. The number of carbonyl (C=O) groups is 1. The molecule has 7 heteroatoms. The highest BCUT2D eigenvalue weighted by Crippen LogP contribution is 2.30. The van der Waals surface area contributed by atoms with E-state index in [2.05, 4.69) is 39.4 Å². The Balaban J connectivity index is 0.981. The molecular formula is C27H34N4O2S. The largest absolute Gasteiger partial charge is 0.445 e. The van der Waals surface area contributed by atoms with E-state index in [9.17, 15) is 4.79 Å². The van der Waals surface area contributed by atoms with Gasteiger partial charge in [0.1, 0.15) is 12.4 Å². The third-order valence-corrected chi connectivity index (χ3v) is 8.08. The number of aromatic nitrogens is 1. The SMILES string of the molecule is O=C(N[C@H]1CC[C@@H](CCN2CCN(c3nsc4ccccc34)CC2)CC1)OCc1ccccc1. The summed E-state index contributed by atoms with van der Waals surface area (Å²) in [7, 11) is 0. The smallest absolute Gasteiger partial charge is 0.407 e. The van der Waals surface area contributed by atoms with E-state index in [0.29, 0.717) is 6.61 Å². The molecule has 0 spiro atoms. The number of ether oxygens (including phenoxy) is 1. The fourth-order valence-electron chi connectivity index (χ4n) is 5.18. The summed E-state index contributed by atoms with van der Waals surface area (Å²) in [5.41, 5.74) is 1.02. The van der Waals surface area contributed by atoms with E-state index >= 15 is 0 Å². The fraction of sp³-hybridized carbons (Fsp3) is 0.481. The average Bonchev–Trinajstić information content (AvgIpc) is 3.32. The van der Waals surface area contributed by atoms with Gasteiger partial charge in [0.15, 0.2) is 0 Å². The zero-order valence-electron chi connectivity index (χ0n) is 19.7. The first-order valence-corrected chi connectivity index (χ1v) is 13.3. The van der Waals surface area contributed by atoms with Gasteiger partial charge in [0.25, 0.3) is 0 Å². The molecule has 6 nitrogen and oxygen atoms in total. The first-order chi connectivity index (χ1) is 16.7. The molecule has 1 saturated carbocycles. The summed E-state index contributed by atoms with van der Waals surface area (Å²) in [6.45, 7) is 5.82. The second kappa shape index (κ2) is 11.2. The molecule has 0 atom stereocenters. The van der Waals surface area contributed by atoms with Crippen molar-refractivity contribution in [3.05, 3.63) is 60.2 Å². The van der Waals surface area contributed by atoms with Crippen LogP contribution in [0.1, 0.15) is 37.7 Å². The van der Waals surface area contributed by atoms with Gasteiger partial charge in [0.2, 0.25) is 0 Å². The van der Waals surface area contributed by atoms with Crippen LogP contribution >= 0.6 is 11.5 Å². The summed E-state index contributed by atoms with van der Waals surface area (Å²) in [5, 5.41) is 4.35. The number of nitrogens with zero attached hydrogens (tertiary/aromatic N) is 3. The van der Waals surface area contributed by atoms with E-state index in [4.69, 9.17) is 9.11 Å². The minimum absolute atomic E-state index is 0.246. The zero-order chi connectivity index (χ0) is 23.2. The van der Waals surface area contributed by atoms with Crippen LogP contribution in [0.25, 0.3) is 10.1 Å². The molecule has 34 heavy (non-hydrogen) atoms. The van der Waals surface area contributed by atoms with Crippen molar-refractivity contribution < 1.29 is 9.53 Å². The molecule has 2 heterocycles. The molecule has 1 N–H and O–H groups in total. The number of alkyl carbamates (subject to hydrolysis) is 1. The molecule has 2 aliphatic rings. The monoisotopic (exact) mass is 478 g/mol. The molecule has 0 bridgehead atoms. The molecule has 1 saturated heterocycles. The van der Waals surface area contributed by atoms with E-state index < -0.39 is 0 Å². The van der Waals surface area contributed by atoms with Gasteiger partial charge in [-0.15, -0.1) is 0 Å². The summed E-state index contributed by atoms with van der Waals surface area (Å²) in [6.07, 6.45) is 5.44. The van der Waals surface area contributed by atoms with Crippen LogP contribution in [-0.4, -0.2) is 54.1 Å². The molecule has 3 aromatic rings. The predicted molar refractivity (Wildman–Crippen MR) is 138 cm³/mol. The standard InChI is InChI=1S/C27H34N4O2S/c32-27(33-20-22-6-2-1-3-7-22)28-23-12-10-21(11-13-23)14-15-30-16-18-31(19-17-30)26-24-8-4-5-9-25(24)34-29-26/h1-9,21,23H,10-20H2,(H,28,32)/t21-,23+. The molecule has 0 unspecified atom stereocenters. The lowest BCUT2D eigenvalue weighted by Crippen LogP contribution is -2.47. The molecule has 1 aliphatic heterocycles. The molecule has 1 aliphatic carbocycles. The molecular weight excluding hydrogens is 444 g/mol. The number of piperazine rings is 1. The number of anilines is 1. The number of rotatable bonds is 7. The molecule has 1 aromatic heterocycles. The molecule has 180 valence electrons. The number of hydrogen-bond donors (Lipinski definition) is 1. The molecule has 0 radical (unpaired) electrons. The van der Waals surface area contributed by atoms with E-state index in [1.165, 1.54) is 35.9 Å². The quantitative estimate of drug-likeness (QED) is 0.500. The highest BCUT2D eigenvalue weighted by Gasteiger charge is 2.25. The Hall–Kier alpha value is -2.64. The van der Waals surface area contributed by atoms with E-state index in [1.807, 2.05) is 30.3 Å². The van der Waals surface area contributed by atoms with Crippen molar-refractivity contribution in [2.75, 3.05) is 37.6 Å². The van der Waals surface area contributed by atoms with Crippen molar-refractivity contribution in [2.24, 2.45) is 5.92 Å². The first-order valence-electron chi connectivity index (χ1n) is 12.5. The van der Waals surface area contributed by atoms with Gasteiger partial charge in [-0.2, -0.15) is 4.37 Å². The third-order valence-electron chi connectivity index (χ3n) is 7.27. The summed E-state index contributed by atoms with van der Waals surface area (Å²) >= 11 is 1.60. The lowest BCUT2D eigenvalue weighted by atomic mass is 9.84.